The lowest BCUT2D eigenvalue weighted by atomic mass is 9.78. The molecule has 3 atom stereocenters. The van der Waals surface area contributed by atoms with Crippen LogP contribution in [0, 0.1) is 5.92 Å². The summed E-state index contributed by atoms with van der Waals surface area (Å²) in [6.07, 6.45) is 2.61. The van der Waals surface area contributed by atoms with Gasteiger partial charge in [0.2, 0.25) is 5.91 Å². The van der Waals surface area contributed by atoms with Crippen molar-refractivity contribution in [3.8, 4) is 11.5 Å². The summed E-state index contributed by atoms with van der Waals surface area (Å²) in [7, 11) is 3.13. The highest BCUT2D eigenvalue weighted by Gasteiger charge is 2.67. The number of benzene rings is 2. The van der Waals surface area contributed by atoms with Gasteiger partial charge in [0.15, 0.2) is 0 Å². The number of methoxy groups -OCH3 is 2. The van der Waals surface area contributed by atoms with Crippen LogP contribution in [0.25, 0.3) is 0 Å². The summed E-state index contributed by atoms with van der Waals surface area (Å²) in [6, 6.07) is 11.0. The Labute approximate surface area is 198 Å². The molecular weight excluding hydrogens is 442 g/mol. The summed E-state index contributed by atoms with van der Waals surface area (Å²) in [6.45, 7) is 3.28. The second-order valence-electron chi connectivity index (χ2n) is 8.81. The van der Waals surface area contributed by atoms with E-state index in [1.165, 1.54) is 0 Å². The first kappa shape index (κ1) is 22.0. The summed E-state index contributed by atoms with van der Waals surface area (Å²) >= 11 is 6.42. The fraction of sp³-hybridized carbons (Fsp3) is 0.440. The highest BCUT2D eigenvalue weighted by Crippen LogP contribution is 2.57. The third-order valence-corrected chi connectivity index (χ3v) is 7.61. The zero-order valence-electron chi connectivity index (χ0n) is 19.1. The van der Waals surface area contributed by atoms with Crippen molar-refractivity contribution in [2.75, 3.05) is 37.5 Å². The fourth-order valence-electron chi connectivity index (χ4n) is 6.02. The van der Waals surface area contributed by atoms with Gasteiger partial charge in [0, 0.05) is 34.9 Å². The smallest absolute Gasteiger partial charge is 0.253 e. The van der Waals surface area contributed by atoms with Gasteiger partial charge >= 0.3 is 0 Å². The molecule has 8 heteroatoms. The van der Waals surface area contributed by atoms with E-state index < -0.39 is 11.5 Å². The molecular formula is C25H28ClN3O4. The van der Waals surface area contributed by atoms with Crippen molar-refractivity contribution in [3.63, 3.8) is 0 Å². The van der Waals surface area contributed by atoms with E-state index in [1.54, 1.807) is 37.3 Å². The molecule has 0 bridgehead atoms. The van der Waals surface area contributed by atoms with Gasteiger partial charge < -0.3 is 19.7 Å². The molecule has 2 aromatic rings. The molecule has 0 aromatic heterocycles. The molecule has 2 saturated heterocycles. The number of nitrogens with one attached hydrogen (secondary N) is 1. The highest BCUT2D eigenvalue weighted by atomic mass is 35.5. The van der Waals surface area contributed by atoms with Crippen LogP contribution in [0.5, 0.6) is 11.5 Å². The van der Waals surface area contributed by atoms with Gasteiger partial charge in [-0.1, -0.05) is 11.6 Å². The van der Waals surface area contributed by atoms with Gasteiger partial charge in [0.25, 0.3) is 5.91 Å². The van der Waals surface area contributed by atoms with E-state index in [9.17, 15) is 9.59 Å². The average molecular weight is 470 g/mol. The number of amides is 2. The molecule has 3 heterocycles. The van der Waals surface area contributed by atoms with E-state index in [0.717, 1.165) is 30.6 Å². The van der Waals surface area contributed by atoms with E-state index in [0.29, 0.717) is 35.2 Å². The van der Waals surface area contributed by atoms with Crippen molar-refractivity contribution in [2.24, 2.45) is 5.92 Å². The predicted octanol–water partition coefficient (Wildman–Crippen LogP) is 4.04. The highest BCUT2D eigenvalue weighted by molar-refractivity contribution is 6.31. The number of likely N-dealkylation sites (N-methyl/N-ethyl adjacent to an activating group) is 1. The number of hydrogen-bond donors (Lipinski definition) is 1. The lowest BCUT2D eigenvalue weighted by Crippen LogP contribution is -2.55. The van der Waals surface area contributed by atoms with Crippen molar-refractivity contribution in [1.82, 2.24) is 4.90 Å². The maximum Gasteiger partial charge on any atom is 0.253 e. The topological polar surface area (TPSA) is 71.1 Å². The molecule has 2 fully saturated rings. The SMILES string of the molecule is CCN1C(=O)[C@@]2(c3cc(Cl)ccc31)[C@@H](C(=O)Nc1cc(OC)ccc1OC)C[C@H]1CCCN12. The van der Waals surface area contributed by atoms with E-state index >= 15 is 0 Å². The van der Waals surface area contributed by atoms with Crippen LogP contribution >= 0.6 is 11.6 Å². The molecule has 0 aliphatic carbocycles. The summed E-state index contributed by atoms with van der Waals surface area (Å²) in [4.78, 5) is 32.0. The molecule has 0 radical (unpaired) electrons. The number of hydrogen-bond acceptors (Lipinski definition) is 5. The minimum atomic E-state index is -1.05. The first-order valence-electron chi connectivity index (χ1n) is 11.4. The molecule has 0 saturated carbocycles. The molecule has 5 rings (SSSR count). The molecule has 1 N–H and O–H groups in total. The van der Waals surface area contributed by atoms with Crippen LogP contribution in [0.4, 0.5) is 11.4 Å². The van der Waals surface area contributed by atoms with Gasteiger partial charge in [-0.2, -0.15) is 0 Å². The van der Waals surface area contributed by atoms with Crippen LogP contribution in [0.15, 0.2) is 36.4 Å². The van der Waals surface area contributed by atoms with Crippen LogP contribution < -0.4 is 19.7 Å². The van der Waals surface area contributed by atoms with Gasteiger partial charge in [-0.3, -0.25) is 14.5 Å². The summed E-state index contributed by atoms with van der Waals surface area (Å²) in [5, 5.41) is 3.61. The molecule has 3 aliphatic heterocycles. The monoisotopic (exact) mass is 469 g/mol. The Morgan fingerprint density at radius 1 is 1.21 bits per heavy atom. The van der Waals surface area contributed by atoms with Crippen LogP contribution in [0.2, 0.25) is 5.02 Å². The van der Waals surface area contributed by atoms with Crippen molar-refractivity contribution >= 4 is 34.8 Å². The minimum absolute atomic E-state index is 0.0376. The van der Waals surface area contributed by atoms with Crippen molar-refractivity contribution < 1.29 is 19.1 Å². The molecule has 2 aromatic carbocycles. The lowest BCUT2D eigenvalue weighted by molar-refractivity contribution is -0.136. The largest absolute Gasteiger partial charge is 0.497 e. The Hall–Kier alpha value is -2.77. The number of halogens is 1. The standard InChI is InChI=1S/C25H28ClN3O4/c1-4-28-21-9-7-15(26)12-18(21)25(24(28)31)19(13-16-6-5-11-29(16)25)23(30)27-20-14-17(32-2)8-10-22(20)33-3/h7-10,12,14,16,19H,4-6,11,13H2,1-3H3,(H,27,30)/t16-,19-,25-/m1/s1. The quantitative estimate of drug-likeness (QED) is 0.715. The van der Waals surface area contributed by atoms with Crippen molar-refractivity contribution in [3.05, 3.63) is 47.0 Å². The zero-order valence-corrected chi connectivity index (χ0v) is 19.8. The van der Waals surface area contributed by atoms with Crippen LogP contribution in [-0.2, 0) is 15.1 Å². The molecule has 3 aliphatic rings. The Bertz CT molecular complexity index is 1120. The first-order valence-corrected chi connectivity index (χ1v) is 11.7. The third kappa shape index (κ3) is 3.13. The van der Waals surface area contributed by atoms with Gasteiger partial charge in [-0.05, 0) is 63.1 Å². The van der Waals surface area contributed by atoms with Gasteiger partial charge in [-0.25, -0.2) is 0 Å². The number of rotatable bonds is 5. The first-order chi connectivity index (χ1) is 15.9. The normalized spacial score (nSPS) is 25.9. The van der Waals surface area contributed by atoms with Gasteiger partial charge in [0.05, 0.1) is 25.8 Å². The average Bonchev–Trinajstić information content (AvgIpc) is 3.46. The second-order valence-corrected chi connectivity index (χ2v) is 9.25. The van der Waals surface area contributed by atoms with E-state index in [4.69, 9.17) is 21.1 Å². The molecule has 1 spiro atoms. The van der Waals surface area contributed by atoms with Crippen LogP contribution in [0.3, 0.4) is 0 Å². The second kappa shape index (κ2) is 8.22. The molecule has 0 unspecified atom stereocenters. The summed E-state index contributed by atoms with van der Waals surface area (Å²) in [5.74, 6) is 0.352. The number of anilines is 2. The fourth-order valence-corrected chi connectivity index (χ4v) is 6.20. The minimum Gasteiger partial charge on any atom is -0.497 e. The third-order valence-electron chi connectivity index (χ3n) is 7.37. The van der Waals surface area contributed by atoms with Gasteiger partial charge in [-0.15, -0.1) is 0 Å². The molecule has 33 heavy (non-hydrogen) atoms. The lowest BCUT2D eigenvalue weighted by Gasteiger charge is -2.37. The van der Waals surface area contributed by atoms with E-state index in [2.05, 4.69) is 10.2 Å². The Balaban J connectivity index is 1.61. The van der Waals surface area contributed by atoms with E-state index in [-0.39, 0.29) is 17.9 Å². The van der Waals surface area contributed by atoms with E-state index in [1.807, 2.05) is 25.1 Å². The summed E-state index contributed by atoms with van der Waals surface area (Å²) in [5.41, 5.74) is 1.15. The van der Waals surface area contributed by atoms with Crippen molar-refractivity contribution in [1.29, 1.82) is 0 Å². The van der Waals surface area contributed by atoms with Gasteiger partial charge in [0.1, 0.15) is 17.0 Å². The number of nitrogens with zero attached hydrogens (tertiary/aromatic N) is 2. The Kier molecular flexibility index (Phi) is 5.49. The number of carbonyl (C=O) groups excluding carboxylic acids is 2. The van der Waals surface area contributed by atoms with Crippen LogP contribution in [-0.4, -0.2) is 50.1 Å². The predicted molar refractivity (Wildman–Crippen MR) is 127 cm³/mol. The number of carbonyl (C=O) groups is 2. The molecule has 174 valence electrons. The Morgan fingerprint density at radius 2 is 2.03 bits per heavy atom. The van der Waals surface area contributed by atoms with Crippen molar-refractivity contribution in [2.45, 2.75) is 37.8 Å². The Morgan fingerprint density at radius 3 is 2.76 bits per heavy atom. The summed E-state index contributed by atoms with van der Waals surface area (Å²) < 4.78 is 10.8. The van der Waals surface area contributed by atoms with Crippen LogP contribution in [0.1, 0.15) is 31.7 Å². The zero-order chi connectivity index (χ0) is 23.3. The molecule has 7 nitrogen and oxygen atoms in total. The maximum absolute atomic E-state index is 14.1. The number of ether oxygens (including phenoxy) is 2. The number of fused-ring (bicyclic) bond motifs is 4. The molecule has 2 amide bonds. The maximum atomic E-state index is 14.1.